The summed E-state index contributed by atoms with van der Waals surface area (Å²) >= 11 is 6.94. The summed E-state index contributed by atoms with van der Waals surface area (Å²) in [5.41, 5.74) is 0.574. The van der Waals surface area contributed by atoms with Crippen LogP contribution < -0.4 is 0 Å². The van der Waals surface area contributed by atoms with Crippen LogP contribution in [0.5, 0.6) is 0 Å². The standard InChI is InChI=1S/C9H6ClN3O2S/c1-15-9(14)6-7(10)13-8(16-6)5-4-11-2-3-12-5/h2-4H,1H3. The molecule has 0 N–H and O–H groups in total. The predicted octanol–water partition coefficient (Wildman–Crippen LogP) is 2.04. The van der Waals surface area contributed by atoms with E-state index in [1.54, 1.807) is 18.6 Å². The van der Waals surface area contributed by atoms with Gasteiger partial charge in [0.1, 0.15) is 10.7 Å². The van der Waals surface area contributed by atoms with Crippen LogP contribution in [0.1, 0.15) is 9.67 Å². The van der Waals surface area contributed by atoms with Crippen molar-refractivity contribution in [2.24, 2.45) is 0 Å². The van der Waals surface area contributed by atoms with E-state index in [2.05, 4.69) is 19.7 Å². The van der Waals surface area contributed by atoms with Crippen molar-refractivity contribution in [1.29, 1.82) is 0 Å². The summed E-state index contributed by atoms with van der Waals surface area (Å²) in [5.74, 6) is -0.502. The Morgan fingerprint density at radius 2 is 2.31 bits per heavy atom. The van der Waals surface area contributed by atoms with Gasteiger partial charge in [-0.3, -0.25) is 9.97 Å². The van der Waals surface area contributed by atoms with E-state index in [4.69, 9.17) is 11.6 Å². The molecule has 0 bridgehead atoms. The molecule has 0 aliphatic carbocycles. The molecule has 0 saturated heterocycles. The molecule has 0 amide bonds. The lowest BCUT2D eigenvalue weighted by Gasteiger charge is -1.92. The summed E-state index contributed by atoms with van der Waals surface area (Å²) in [4.78, 5) is 23.6. The smallest absolute Gasteiger partial charge is 0.351 e. The van der Waals surface area contributed by atoms with E-state index < -0.39 is 5.97 Å². The van der Waals surface area contributed by atoms with Gasteiger partial charge in [-0.1, -0.05) is 11.6 Å². The molecule has 82 valence electrons. The van der Waals surface area contributed by atoms with Crippen molar-refractivity contribution in [3.8, 4) is 10.7 Å². The van der Waals surface area contributed by atoms with Crippen LogP contribution >= 0.6 is 22.9 Å². The number of carbonyl (C=O) groups excluding carboxylic acids is 1. The molecule has 2 rings (SSSR count). The van der Waals surface area contributed by atoms with Crippen LogP contribution in [0, 0.1) is 0 Å². The lowest BCUT2D eigenvalue weighted by atomic mass is 10.5. The minimum Gasteiger partial charge on any atom is -0.465 e. The SMILES string of the molecule is COC(=O)c1sc(-c2cnccn2)nc1Cl. The highest BCUT2D eigenvalue weighted by Crippen LogP contribution is 2.29. The Labute approximate surface area is 100 Å². The van der Waals surface area contributed by atoms with Crippen LogP contribution in [0.4, 0.5) is 0 Å². The number of carbonyl (C=O) groups is 1. The van der Waals surface area contributed by atoms with Gasteiger partial charge in [0.25, 0.3) is 0 Å². The molecule has 0 atom stereocenters. The number of methoxy groups -OCH3 is 1. The molecule has 0 radical (unpaired) electrons. The third-order valence-corrected chi connectivity index (χ3v) is 3.18. The first kappa shape index (κ1) is 11.0. The number of aromatic nitrogens is 3. The minimum atomic E-state index is -0.502. The maximum absolute atomic E-state index is 11.3. The van der Waals surface area contributed by atoms with Gasteiger partial charge in [-0.25, -0.2) is 9.78 Å². The highest BCUT2D eigenvalue weighted by Gasteiger charge is 2.18. The molecule has 0 aliphatic rings. The Morgan fingerprint density at radius 1 is 1.50 bits per heavy atom. The van der Waals surface area contributed by atoms with Crippen LogP contribution in [0.15, 0.2) is 18.6 Å². The second-order valence-corrected chi connectivity index (χ2v) is 4.08. The fourth-order valence-electron chi connectivity index (χ4n) is 1.04. The number of hydrogen-bond donors (Lipinski definition) is 0. The molecule has 0 aromatic carbocycles. The van der Waals surface area contributed by atoms with Crippen LogP contribution in [-0.4, -0.2) is 28.0 Å². The van der Waals surface area contributed by atoms with Gasteiger partial charge in [-0.15, -0.1) is 11.3 Å². The summed E-state index contributed by atoms with van der Waals surface area (Å²) in [6, 6.07) is 0. The maximum atomic E-state index is 11.3. The predicted molar refractivity (Wildman–Crippen MR) is 59.5 cm³/mol. The zero-order valence-electron chi connectivity index (χ0n) is 8.18. The molecule has 0 saturated carbocycles. The van der Waals surface area contributed by atoms with Crippen molar-refractivity contribution in [2.45, 2.75) is 0 Å². The largest absolute Gasteiger partial charge is 0.465 e. The summed E-state index contributed by atoms with van der Waals surface area (Å²) < 4.78 is 4.58. The first-order valence-corrected chi connectivity index (χ1v) is 5.43. The highest BCUT2D eigenvalue weighted by atomic mass is 35.5. The molecule has 0 fully saturated rings. The fraction of sp³-hybridized carbons (Fsp3) is 0.111. The van der Waals surface area contributed by atoms with Crippen molar-refractivity contribution in [1.82, 2.24) is 15.0 Å². The van der Waals surface area contributed by atoms with Gasteiger partial charge in [0.15, 0.2) is 10.0 Å². The number of rotatable bonds is 2. The molecule has 7 heteroatoms. The molecule has 16 heavy (non-hydrogen) atoms. The molecule has 5 nitrogen and oxygen atoms in total. The lowest BCUT2D eigenvalue weighted by molar-refractivity contribution is 0.0606. The second kappa shape index (κ2) is 4.54. The normalized spacial score (nSPS) is 10.1. The van der Waals surface area contributed by atoms with E-state index in [0.29, 0.717) is 10.7 Å². The van der Waals surface area contributed by atoms with Gasteiger partial charge >= 0.3 is 5.97 Å². The number of esters is 1. The molecule has 0 aliphatic heterocycles. The number of nitrogens with zero attached hydrogens (tertiary/aromatic N) is 3. The summed E-state index contributed by atoms with van der Waals surface area (Å²) in [7, 11) is 1.29. The Morgan fingerprint density at radius 3 is 2.94 bits per heavy atom. The Kier molecular flexibility index (Phi) is 3.12. The number of ether oxygens (including phenoxy) is 1. The van der Waals surface area contributed by atoms with Gasteiger partial charge in [-0.2, -0.15) is 0 Å². The van der Waals surface area contributed by atoms with E-state index in [1.807, 2.05) is 0 Å². The summed E-state index contributed by atoms with van der Waals surface area (Å²) in [5, 5.41) is 0.663. The van der Waals surface area contributed by atoms with Crippen LogP contribution in [0.3, 0.4) is 0 Å². The van der Waals surface area contributed by atoms with E-state index in [0.717, 1.165) is 11.3 Å². The van der Waals surface area contributed by atoms with E-state index in [9.17, 15) is 4.79 Å². The van der Waals surface area contributed by atoms with Crippen molar-refractivity contribution in [3.63, 3.8) is 0 Å². The van der Waals surface area contributed by atoms with Crippen LogP contribution in [-0.2, 0) is 4.74 Å². The Hall–Kier alpha value is -1.53. The van der Waals surface area contributed by atoms with E-state index >= 15 is 0 Å². The van der Waals surface area contributed by atoms with Crippen molar-refractivity contribution < 1.29 is 9.53 Å². The zero-order chi connectivity index (χ0) is 11.5. The van der Waals surface area contributed by atoms with Gasteiger partial charge in [-0.05, 0) is 0 Å². The van der Waals surface area contributed by atoms with Crippen LogP contribution in [0.25, 0.3) is 10.7 Å². The Balaban J connectivity index is 2.42. The average molecular weight is 256 g/mol. The van der Waals surface area contributed by atoms with E-state index in [-0.39, 0.29) is 10.0 Å². The third kappa shape index (κ3) is 2.02. The van der Waals surface area contributed by atoms with Gasteiger partial charge in [0, 0.05) is 12.4 Å². The molecule has 2 aromatic heterocycles. The van der Waals surface area contributed by atoms with Crippen molar-refractivity contribution in [3.05, 3.63) is 28.6 Å². The fourth-order valence-corrected chi connectivity index (χ4v) is 2.20. The Bertz CT molecular complexity index is 515. The first-order chi connectivity index (χ1) is 7.72. The number of halogens is 1. The lowest BCUT2D eigenvalue weighted by Crippen LogP contribution is -1.98. The highest BCUT2D eigenvalue weighted by molar-refractivity contribution is 7.17. The first-order valence-electron chi connectivity index (χ1n) is 4.23. The monoisotopic (exact) mass is 255 g/mol. The van der Waals surface area contributed by atoms with Gasteiger partial charge < -0.3 is 4.74 Å². The van der Waals surface area contributed by atoms with Gasteiger partial charge in [0.05, 0.1) is 13.3 Å². The topological polar surface area (TPSA) is 65.0 Å². The molecule has 2 aromatic rings. The summed E-state index contributed by atoms with van der Waals surface area (Å²) in [6.45, 7) is 0. The maximum Gasteiger partial charge on any atom is 0.351 e. The van der Waals surface area contributed by atoms with Gasteiger partial charge in [0.2, 0.25) is 0 Å². The quantitative estimate of drug-likeness (QED) is 0.769. The number of hydrogen-bond acceptors (Lipinski definition) is 6. The molecular weight excluding hydrogens is 250 g/mol. The second-order valence-electron chi connectivity index (χ2n) is 2.72. The van der Waals surface area contributed by atoms with Crippen molar-refractivity contribution in [2.75, 3.05) is 7.11 Å². The molecule has 0 unspecified atom stereocenters. The third-order valence-electron chi connectivity index (χ3n) is 1.74. The molecule has 2 heterocycles. The molecule has 0 spiro atoms. The van der Waals surface area contributed by atoms with Crippen LogP contribution in [0.2, 0.25) is 5.15 Å². The number of thiazole rings is 1. The zero-order valence-corrected chi connectivity index (χ0v) is 9.75. The van der Waals surface area contributed by atoms with Crippen molar-refractivity contribution >= 4 is 28.9 Å². The summed E-state index contributed by atoms with van der Waals surface area (Å²) in [6.07, 6.45) is 4.65. The average Bonchev–Trinajstić information content (AvgIpc) is 2.71. The molecular formula is C9H6ClN3O2S. The minimum absolute atomic E-state index is 0.123. The van der Waals surface area contributed by atoms with E-state index in [1.165, 1.54) is 7.11 Å².